The summed E-state index contributed by atoms with van der Waals surface area (Å²) in [6.07, 6.45) is 3.66. The molecular weight excluding hydrogens is 406 g/mol. The number of methoxy groups -OCH3 is 1. The van der Waals surface area contributed by atoms with Crippen molar-refractivity contribution in [2.75, 3.05) is 40.0 Å². The molecule has 2 atom stereocenters. The highest BCUT2D eigenvalue weighted by Crippen LogP contribution is 2.35. The van der Waals surface area contributed by atoms with E-state index in [0.717, 1.165) is 73.7 Å². The van der Waals surface area contributed by atoms with Crippen LogP contribution in [0.3, 0.4) is 0 Å². The highest BCUT2D eigenvalue weighted by Gasteiger charge is 2.36. The van der Waals surface area contributed by atoms with Crippen molar-refractivity contribution >= 4 is 16.8 Å². The van der Waals surface area contributed by atoms with Gasteiger partial charge >= 0.3 is 0 Å². The first-order valence-electron chi connectivity index (χ1n) is 11.2. The third kappa shape index (κ3) is 3.96. The van der Waals surface area contributed by atoms with E-state index >= 15 is 0 Å². The minimum absolute atomic E-state index is 0.0812. The number of hydrogen-bond acceptors (Lipinski definition) is 6. The molecule has 1 aromatic carbocycles. The number of imidazole rings is 1. The van der Waals surface area contributed by atoms with E-state index in [4.69, 9.17) is 14.5 Å². The lowest BCUT2D eigenvalue weighted by Crippen LogP contribution is -2.51. The van der Waals surface area contributed by atoms with Crippen LogP contribution in [-0.4, -0.2) is 76.7 Å². The van der Waals surface area contributed by atoms with Crippen molar-refractivity contribution in [3.8, 4) is 17.1 Å². The van der Waals surface area contributed by atoms with Gasteiger partial charge in [-0.05, 0) is 25.0 Å². The molecule has 0 saturated carbocycles. The van der Waals surface area contributed by atoms with Crippen LogP contribution < -0.4 is 4.74 Å². The van der Waals surface area contributed by atoms with Gasteiger partial charge in [-0.3, -0.25) is 9.69 Å². The zero-order chi connectivity index (χ0) is 22.1. The van der Waals surface area contributed by atoms with Crippen LogP contribution in [0.15, 0.2) is 36.5 Å². The molecule has 2 aromatic heterocycles. The maximum absolute atomic E-state index is 12.4. The van der Waals surface area contributed by atoms with E-state index in [1.54, 1.807) is 14.0 Å². The van der Waals surface area contributed by atoms with Gasteiger partial charge in [0.2, 0.25) is 11.8 Å². The SMILES string of the molecule is COc1nc2ccccc2cc1-c1cnc([C@@H]2C[C@@H](N3CCOCC3)CCN2C(C)=O)[nH]1. The fourth-order valence-corrected chi connectivity index (χ4v) is 4.95. The number of benzene rings is 1. The van der Waals surface area contributed by atoms with Crippen LogP contribution in [0.2, 0.25) is 0 Å². The number of pyridine rings is 1. The lowest BCUT2D eigenvalue weighted by atomic mass is 9.94. The summed E-state index contributed by atoms with van der Waals surface area (Å²) >= 11 is 0. The summed E-state index contributed by atoms with van der Waals surface area (Å²) in [5, 5.41) is 1.04. The molecule has 32 heavy (non-hydrogen) atoms. The summed E-state index contributed by atoms with van der Waals surface area (Å²) in [4.78, 5) is 29.7. The van der Waals surface area contributed by atoms with E-state index in [1.165, 1.54) is 0 Å². The molecular formula is C24H29N5O3. The summed E-state index contributed by atoms with van der Waals surface area (Å²) in [5.74, 6) is 1.44. The molecule has 2 saturated heterocycles. The van der Waals surface area contributed by atoms with Gasteiger partial charge in [0.05, 0.1) is 49.3 Å². The average molecular weight is 436 g/mol. The van der Waals surface area contributed by atoms with E-state index in [-0.39, 0.29) is 11.9 Å². The van der Waals surface area contributed by atoms with Gasteiger partial charge in [-0.2, -0.15) is 0 Å². The first-order valence-corrected chi connectivity index (χ1v) is 11.2. The Morgan fingerprint density at radius 2 is 2.03 bits per heavy atom. The number of nitrogens with one attached hydrogen (secondary N) is 1. The number of hydrogen-bond donors (Lipinski definition) is 1. The Balaban J connectivity index is 1.46. The summed E-state index contributed by atoms with van der Waals surface area (Å²) in [6, 6.07) is 10.4. The molecule has 1 amide bonds. The highest BCUT2D eigenvalue weighted by molar-refractivity contribution is 5.85. The van der Waals surface area contributed by atoms with Crippen LogP contribution >= 0.6 is 0 Å². The predicted molar refractivity (Wildman–Crippen MR) is 121 cm³/mol. The predicted octanol–water partition coefficient (Wildman–Crippen LogP) is 3.02. The van der Waals surface area contributed by atoms with Gasteiger partial charge in [-0.25, -0.2) is 9.97 Å². The molecule has 0 unspecified atom stereocenters. The first kappa shape index (κ1) is 20.9. The van der Waals surface area contributed by atoms with Crippen molar-refractivity contribution in [1.29, 1.82) is 0 Å². The number of carbonyl (C=O) groups excluding carboxylic acids is 1. The zero-order valence-electron chi connectivity index (χ0n) is 18.6. The second-order valence-corrected chi connectivity index (χ2v) is 8.47. The Morgan fingerprint density at radius 3 is 2.81 bits per heavy atom. The fraction of sp³-hybridized carbons (Fsp3) is 0.458. The molecule has 8 nitrogen and oxygen atoms in total. The van der Waals surface area contributed by atoms with Crippen LogP contribution in [0.25, 0.3) is 22.2 Å². The second-order valence-electron chi connectivity index (χ2n) is 8.47. The third-order valence-corrected chi connectivity index (χ3v) is 6.62. The molecule has 0 bridgehead atoms. The Bertz CT molecular complexity index is 1110. The third-order valence-electron chi connectivity index (χ3n) is 6.62. The van der Waals surface area contributed by atoms with Gasteiger partial charge in [-0.1, -0.05) is 18.2 Å². The number of aromatic amines is 1. The lowest BCUT2D eigenvalue weighted by Gasteiger charge is -2.43. The zero-order valence-corrected chi connectivity index (χ0v) is 18.6. The van der Waals surface area contributed by atoms with Crippen molar-refractivity contribution < 1.29 is 14.3 Å². The minimum Gasteiger partial charge on any atom is -0.480 e. The van der Waals surface area contributed by atoms with Crippen LogP contribution in [0.5, 0.6) is 5.88 Å². The smallest absolute Gasteiger partial charge is 0.223 e. The monoisotopic (exact) mass is 435 g/mol. The topological polar surface area (TPSA) is 83.6 Å². The average Bonchev–Trinajstić information content (AvgIpc) is 3.33. The Kier molecular flexibility index (Phi) is 5.80. The van der Waals surface area contributed by atoms with Gasteiger partial charge in [-0.15, -0.1) is 0 Å². The number of para-hydroxylation sites is 1. The molecule has 8 heteroatoms. The minimum atomic E-state index is -0.0812. The molecule has 168 valence electrons. The summed E-state index contributed by atoms with van der Waals surface area (Å²) < 4.78 is 11.1. The largest absolute Gasteiger partial charge is 0.480 e. The van der Waals surface area contributed by atoms with Crippen LogP contribution in [0.1, 0.15) is 31.6 Å². The number of piperidine rings is 1. The van der Waals surface area contributed by atoms with E-state index in [2.05, 4.69) is 20.9 Å². The van der Waals surface area contributed by atoms with Crippen molar-refractivity contribution in [3.05, 3.63) is 42.4 Å². The van der Waals surface area contributed by atoms with Crippen molar-refractivity contribution in [1.82, 2.24) is 24.8 Å². The summed E-state index contributed by atoms with van der Waals surface area (Å²) in [6.45, 7) is 5.82. The first-order chi connectivity index (χ1) is 15.6. The molecule has 0 aliphatic carbocycles. The van der Waals surface area contributed by atoms with E-state index in [9.17, 15) is 4.79 Å². The number of amides is 1. The molecule has 5 rings (SSSR count). The number of H-pyrrole nitrogens is 1. The van der Waals surface area contributed by atoms with Gasteiger partial charge < -0.3 is 19.4 Å². The van der Waals surface area contributed by atoms with Crippen molar-refractivity contribution in [2.45, 2.75) is 31.8 Å². The molecule has 2 aliphatic rings. The fourth-order valence-electron chi connectivity index (χ4n) is 4.95. The van der Waals surface area contributed by atoms with Gasteiger partial charge in [0.1, 0.15) is 5.82 Å². The number of fused-ring (bicyclic) bond motifs is 1. The maximum Gasteiger partial charge on any atom is 0.223 e. The number of aromatic nitrogens is 3. The molecule has 1 N–H and O–H groups in total. The molecule has 0 spiro atoms. The molecule has 4 heterocycles. The summed E-state index contributed by atoms with van der Waals surface area (Å²) in [7, 11) is 1.63. The van der Waals surface area contributed by atoms with E-state index in [0.29, 0.717) is 11.9 Å². The quantitative estimate of drug-likeness (QED) is 0.678. The van der Waals surface area contributed by atoms with Gasteiger partial charge in [0.25, 0.3) is 0 Å². The van der Waals surface area contributed by atoms with Crippen LogP contribution in [0.4, 0.5) is 0 Å². The van der Waals surface area contributed by atoms with Crippen LogP contribution in [-0.2, 0) is 9.53 Å². The number of nitrogens with zero attached hydrogens (tertiary/aromatic N) is 4. The molecule has 3 aromatic rings. The van der Waals surface area contributed by atoms with Gasteiger partial charge in [0.15, 0.2) is 0 Å². The second kappa shape index (κ2) is 8.88. The Hall–Kier alpha value is -2.97. The number of rotatable bonds is 4. The maximum atomic E-state index is 12.4. The summed E-state index contributed by atoms with van der Waals surface area (Å²) in [5.41, 5.74) is 2.59. The van der Waals surface area contributed by atoms with E-state index < -0.39 is 0 Å². The molecule has 2 aliphatic heterocycles. The van der Waals surface area contributed by atoms with Crippen molar-refractivity contribution in [3.63, 3.8) is 0 Å². The van der Waals surface area contributed by atoms with Crippen molar-refractivity contribution in [2.24, 2.45) is 0 Å². The number of ether oxygens (including phenoxy) is 2. The Labute approximate surface area is 187 Å². The molecule has 0 radical (unpaired) electrons. The standard InChI is InChI=1S/C24H29N5O3/c1-16(30)29-8-7-18(28-9-11-32-12-10-28)14-22(29)23-25-15-21(26-23)19-13-17-5-3-4-6-20(17)27-24(19)31-2/h3-6,13,15,18,22H,7-12,14H2,1-2H3,(H,25,26)/t18-,22-/m0/s1. The highest BCUT2D eigenvalue weighted by atomic mass is 16.5. The molecule has 2 fully saturated rings. The van der Waals surface area contributed by atoms with Crippen LogP contribution in [0, 0.1) is 0 Å². The number of carbonyl (C=O) groups is 1. The number of morpholine rings is 1. The Morgan fingerprint density at radius 1 is 1.22 bits per heavy atom. The lowest BCUT2D eigenvalue weighted by molar-refractivity contribution is -0.134. The van der Waals surface area contributed by atoms with E-state index in [1.807, 2.05) is 35.4 Å². The van der Waals surface area contributed by atoms with Gasteiger partial charge in [0, 0.05) is 38.0 Å². The number of likely N-dealkylation sites (tertiary alicyclic amines) is 1. The normalized spacial score (nSPS) is 22.2.